The Hall–Kier alpha value is -0.360. The lowest BCUT2D eigenvalue weighted by Gasteiger charge is -2.34. The molecule has 4 heteroatoms. The fourth-order valence-corrected chi connectivity index (χ4v) is 2.99. The fraction of sp³-hybridized carbons (Fsp3) is 0.500. The Bertz CT molecular complexity index is 370. The van der Waals surface area contributed by atoms with Crippen LogP contribution in [0.25, 0.3) is 0 Å². The summed E-state index contributed by atoms with van der Waals surface area (Å²) < 4.78 is 14.0. The van der Waals surface area contributed by atoms with Gasteiger partial charge >= 0.3 is 0 Å². The molecule has 88 valence electrons. The predicted molar refractivity (Wildman–Crippen MR) is 73.4 cm³/mol. The second kappa shape index (κ2) is 5.31. The molecular weight excluding hydrogens is 318 g/mol. The highest BCUT2D eigenvalue weighted by Gasteiger charge is 2.20. The topological polar surface area (TPSA) is 15.3 Å². The summed E-state index contributed by atoms with van der Waals surface area (Å²) in [5.74, 6) is -0.157. The van der Waals surface area contributed by atoms with Gasteiger partial charge in [0.15, 0.2) is 0 Å². The first-order valence-electron chi connectivity index (χ1n) is 5.58. The molecule has 1 heterocycles. The van der Waals surface area contributed by atoms with E-state index < -0.39 is 0 Å². The first-order valence-corrected chi connectivity index (χ1v) is 6.66. The number of benzene rings is 1. The molecule has 0 saturated carbocycles. The van der Waals surface area contributed by atoms with Crippen molar-refractivity contribution in [2.75, 3.05) is 25.0 Å². The monoisotopic (exact) mass is 334 g/mol. The van der Waals surface area contributed by atoms with Crippen LogP contribution in [-0.4, -0.2) is 26.2 Å². The van der Waals surface area contributed by atoms with Gasteiger partial charge in [0.2, 0.25) is 0 Å². The second-order valence-corrected chi connectivity index (χ2v) is 5.33. The van der Waals surface area contributed by atoms with Crippen LogP contribution in [0, 0.1) is 9.39 Å². The summed E-state index contributed by atoms with van der Waals surface area (Å²) in [7, 11) is 2.00. The van der Waals surface area contributed by atoms with Crippen LogP contribution in [0.3, 0.4) is 0 Å². The molecule has 2 nitrogen and oxygen atoms in total. The van der Waals surface area contributed by atoms with Gasteiger partial charge in [0.25, 0.3) is 0 Å². The van der Waals surface area contributed by atoms with Gasteiger partial charge in [0.05, 0.1) is 5.69 Å². The molecule has 0 radical (unpaired) electrons. The maximum absolute atomic E-state index is 13.0. The molecule has 1 saturated heterocycles. The first-order chi connectivity index (χ1) is 7.70. The lowest BCUT2D eigenvalue weighted by atomic mass is 10.1. The number of hydrogen-bond donors (Lipinski definition) is 1. The smallest absolute Gasteiger partial charge is 0.124 e. The van der Waals surface area contributed by atoms with E-state index in [4.69, 9.17) is 0 Å². The molecule has 0 spiro atoms. The van der Waals surface area contributed by atoms with Gasteiger partial charge in [-0.15, -0.1) is 0 Å². The summed E-state index contributed by atoms with van der Waals surface area (Å²) in [6.07, 6.45) is 2.42. The molecule has 1 aliphatic heterocycles. The molecule has 1 fully saturated rings. The zero-order valence-electron chi connectivity index (χ0n) is 9.34. The molecule has 1 unspecified atom stereocenters. The van der Waals surface area contributed by atoms with Crippen LogP contribution in [-0.2, 0) is 0 Å². The molecule has 1 aromatic rings. The Balaban J connectivity index is 2.16. The summed E-state index contributed by atoms with van der Waals surface area (Å²) in [6, 6.07) is 5.57. The Labute approximate surface area is 109 Å². The van der Waals surface area contributed by atoms with E-state index in [0.29, 0.717) is 6.04 Å². The highest BCUT2D eigenvalue weighted by molar-refractivity contribution is 14.1. The van der Waals surface area contributed by atoms with E-state index in [2.05, 4.69) is 32.8 Å². The molecule has 1 aromatic carbocycles. The van der Waals surface area contributed by atoms with Gasteiger partial charge in [0.1, 0.15) is 5.82 Å². The average Bonchev–Trinajstić information content (AvgIpc) is 2.29. The number of nitrogens with one attached hydrogen (secondary N) is 1. The van der Waals surface area contributed by atoms with Gasteiger partial charge < -0.3 is 10.2 Å². The average molecular weight is 334 g/mol. The van der Waals surface area contributed by atoms with E-state index >= 15 is 0 Å². The zero-order valence-corrected chi connectivity index (χ0v) is 11.5. The van der Waals surface area contributed by atoms with E-state index in [1.165, 1.54) is 12.8 Å². The van der Waals surface area contributed by atoms with Gasteiger partial charge in [0, 0.05) is 22.7 Å². The number of hydrogen-bond acceptors (Lipinski definition) is 2. The Morgan fingerprint density at radius 3 is 3.00 bits per heavy atom. The third-order valence-electron chi connectivity index (χ3n) is 3.08. The van der Waals surface area contributed by atoms with Crippen LogP contribution in [0.15, 0.2) is 18.2 Å². The molecule has 1 atom stereocenters. The van der Waals surface area contributed by atoms with Crippen molar-refractivity contribution in [1.29, 1.82) is 0 Å². The number of nitrogens with zero attached hydrogens (tertiary/aromatic N) is 1. The SMILES string of the molecule is CNC1CCCN(c2ccc(F)cc2I)C1. The second-order valence-electron chi connectivity index (χ2n) is 4.17. The van der Waals surface area contributed by atoms with Crippen LogP contribution < -0.4 is 10.2 Å². The number of anilines is 1. The predicted octanol–water partition coefficient (Wildman–Crippen LogP) is 2.62. The minimum Gasteiger partial charge on any atom is -0.369 e. The van der Waals surface area contributed by atoms with E-state index in [1.54, 1.807) is 12.1 Å². The third-order valence-corrected chi connectivity index (χ3v) is 3.94. The number of rotatable bonds is 2. The van der Waals surface area contributed by atoms with Crippen LogP contribution in [0.2, 0.25) is 0 Å². The van der Waals surface area contributed by atoms with E-state index in [0.717, 1.165) is 22.3 Å². The van der Waals surface area contributed by atoms with Crippen molar-refractivity contribution >= 4 is 28.3 Å². The maximum Gasteiger partial charge on any atom is 0.124 e. The Morgan fingerprint density at radius 1 is 1.50 bits per heavy atom. The molecule has 0 bridgehead atoms. The molecule has 0 aromatic heterocycles. The molecule has 2 rings (SSSR count). The third kappa shape index (κ3) is 2.66. The number of piperidine rings is 1. The minimum atomic E-state index is -0.157. The molecule has 0 aliphatic carbocycles. The lowest BCUT2D eigenvalue weighted by molar-refractivity contribution is 0.449. The van der Waals surface area contributed by atoms with Crippen molar-refractivity contribution in [2.24, 2.45) is 0 Å². The van der Waals surface area contributed by atoms with E-state index in [1.807, 2.05) is 13.1 Å². The molecular formula is C12H16FIN2. The van der Waals surface area contributed by atoms with Crippen LogP contribution in [0.5, 0.6) is 0 Å². The lowest BCUT2D eigenvalue weighted by Crippen LogP contribution is -2.44. The highest BCUT2D eigenvalue weighted by atomic mass is 127. The summed E-state index contributed by atoms with van der Waals surface area (Å²) in [5, 5.41) is 3.32. The highest BCUT2D eigenvalue weighted by Crippen LogP contribution is 2.26. The number of halogens is 2. The summed E-state index contributed by atoms with van der Waals surface area (Å²) >= 11 is 2.21. The van der Waals surface area contributed by atoms with Crippen molar-refractivity contribution in [3.05, 3.63) is 27.6 Å². The first kappa shape index (κ1) is 12.1. The van der Waals surface area contributed by atoms with E-state index in [-0.39, 0.29) is 5.82 Å². The van der Waals surface area contributed by atoms with Gasteiger partial charge in [-0.25, -0.2) is 4.39 Å². The van der Waals surface area contributed by atoms with Crippen LogP contribution in [0.1, 0.15) is 12.8 Å². The quantitative estimate of drug-likeness (QED) is 0.837. The largest absolute Gasteiger partial charge is 0.369 e. The molecule has 0 amide bonds. The zero-order chi connectivity index (χ0) is 11.5. The van der Waals surface area contributed by atoms with Crippen molar-refractivity contribution < 1.29 is 4.39 Å². The van der Waals surface area contributed by atoms with Gasteiger partial charge in [-0.05, 0) is 60.7 Å². The molecule has 16 heavy (non-hydrogen) atoms. The number of likely N-dealkylation sites (N-methyl/N-ethyl adjacent to an activating group) is 1. The van der Waals surface area contributed by atoms with Gasteiger partial charge in [-0.3, -0.25) is 0 Å². The standard InChI is InChI=1S/C12H16FIN2/c1-15-10-3-2-6-16(8-10)12-5-4-9(13)7-11(12)14/h4-5,7,10,15H,2-3,6,8H2,1H3. The molecule has 1 N–H and O–H groups in total. The summed E-state index contributed by atoms with van der Waals surface area (Å²) in [5.41, 5.74) is 1.15. The van der Waals surface area contributed by atoms with E-state index in [9.17, 15) is 4.39 Å². The van der Waals surface area contributed by atoms with Crippen molar-refractivity contribution in [3.63, 3.8) is 0 Å². The summed E-state index contributed by atoms with van der Waals surface area (Å²) in [6.45, 7) is 2.08. The Kier molecular flexibility index (Phi) is 4.02. The van der Waals surface area contributed by atoms with Crippen LogP contribution >= 0.6 is 22.6 Å². The van der Waals surface area contributed by atoms with Gasteiger partial charge in [-0.1, -0.05) is 0 Å². The summed E-state index contributed by atoms with van der Waals surface area (Å²) in [4.78, 5) is 2.34. The van der Waals surface area contributed by atoms with Crippen molar-refractivity contribution in [2.45, 2.75) is 18.9 Å². The molecule has 1 aliphatic rings. The van der Waals surface area contributed by atoms with Gasteiger partial charge in [-0.2, -0.15) is 0 Å². The Morgan fingerprint density at radius 2 is 2.31 bits per heavy atom. The fourth-order valence-electron chi connectivity index (χ4n) is 2.17. The van der Waals surface area contributed by atoms with Crippen LogP contribution in [0.4, 0.5) is 10.1 Å². The van der Waals surface area contributed by atoms with Crippen molar-refractivity contribution in [3.8, 4) is 0 Å². The van der Waals surface area contributed by atoms with Crippen molar-refractivity contribution in [1.82, 2.24) is 5.32 Å². The normalized spacial score (nSPS) is 21.2. The maximum atomic E-state index is 13.0. The minimum absolute atomic E-state index is 0.157.